The average molecular weight is 418 g/mol. The lowest BCUT2D eigenvalue weighted by molar-refractivity contribution is -0.148. The van der Waals surface area contributed by atoms with E-state index in [2.05, 4.69) is 37.5 Å². The number of amides is 1. The minimum atomic E-state index is -0.144. The van der Waals surface area contributed by atoms with Crippen LogP contribution in [0.1, 0.15) is 24.4 Å². The van der Waals surface area contributed by atoms with Crippen molar-refractivity contribution >= 4 is 5.91 Å². The standard InChI is InChI=1S/C19H31N9O2/c1-24-5-3-6-26(9-8-24)14-17-19(16-12-21-25(2)13-16)28(10-11-30-17)18(29)4-7-27-15-20-22-23-27/h12-13,15,17,19H,3-11,14H2,1-2H3/t17-,19-/m0/s1. The second-order valence-corrected chi connectivity index (χ2v) is 8.17. The minimum absolute atomic E-state index is 0.0802. The van der Waals surface area contributed by atoms with E-state index in [9.17, 15) is 4.79 Å². The number of carbonyl (C=O) groups excluding carboxylic acids is 1. The Balaban J connectivity index is 1.49. The Hall–Kier alpha value is -2.37. The molecule has 0 bridgehead atoms. The van der Waals surface area contributed by atoms with Crippen LogP contribution in [0.15, 0.2) is 18.7 Å². The Morgan fingerprint density at radius 1 is 1.20 bits per heavy atom. The van der Waals surface area contributed by atoms with Crippen LogP contribution in [0, 0.1) is 0 Å². The van der Waals surface area contributed by atoms with Gasteiger partial charge in [-0.2, -0.15) is 5.10 Å². The molecule has 2 aliphatic rings. The first kappa shape index (κ1) is 20.9. The van der Waals surface area contributed by atoms with E-state index < -0.39 is 0 Å². The number of morpholine rings is 1. The number of nitrogens with zero attached hydrogens (tertiary/aromatic N) is 9. The van der Waals surface area contributed by atoms with Crippen LogP contribution in [0.5, 0.6) is 0 Å². The van der Waals surface area contributed by atoms with Gasteiger partial charge < -0.3 is 14.5 Å². The third-order valence-corrected chi connectivity index (χ3v) is 5.94. The van der Waals surface area contributed by atoms with Gasteiger partial charge in [0, 0.05) is 51.4 Å². The molecule has 2 fully saturated rings. The number of aromatic nitrogens is 6. The summed E-state index contributed by atoms with van der Waals surface area (Å²) in [7, 11) is 4.07. The molecule has 0 spiro atoms. The monoisotopic (exact) mass is 417 g/mol. The van der Waals surface area contributed by atoms with Gasteiger partial charge in [0.1, 0.15) is 6.33 Å². The lowest BCUT2D eigenvalue weighted by Crippen LogP contribution is -2.52. The maximum Gasteiger partial charge on any atom is 0.225 e. The molecule has 2 aliphatic heterocycles. The fourth-order valence-electron chi connectivity index (χ4n) is 4.33. The normalized spacial score (nSPS) is 24.1. The number of hydrogen-bond acceptors (Lipinski definition) is 8. The molecule has 0 aliphatic carbocycles. The molecule has 11 heteroatoms. The summed E-state index contributed by atoms with van der Waals surface area (Å²) >= 11 is 0. The second-order valence-electron chi connectivity index (χ2n) is 8.17. The molecule has 4 rings (SSSR count). The molecule has 0 unspecified atom stereocenters. The molecule has 2 atom stereocenters. The van der Waals surface area contributed by atoms with Crippen LogP contribution in [0.4, 0.5) is 0 Å². The van der Waals surface area contributed by atoms with Gasteiger partial charge in [0.15, 0.2) is 0 Å². The lowest BCUT2D eigenvalue weighted by Gasteiger charge is -2.42. The summed E-state index contributed by atoms with van der Waals surface area (Å²) < 4.78 is 9.60. The predicted molar refractivity (Wildman–Crippen MR) is 108 cm³/mol. The molecular weight excluding hydrogens is 386 g/mol. The number of ether oxygens (including phenoxy) is 1. The van der Waals surface area contributed by atoms with Crippen molar-refractivity contribution in [3.63, 3.8) is 0 Å². The van der Waals surface area contributed by atoms with E-state index in [1.54, 1.807) is 9.36 Å². The van der Waals surface area contributed by atoms with Crippen LogP contribution in [-0.4, -0.2) is 110 Å². The van der Waals surface area contributed by atoms with Crippen LogP contribution in [0.25, 0.3) is 0 Å². The van der Waals surface area contributed by atoms with Gasteiger partial charge in [0.25, 0.3) is 0 Å². The van der Waals surface area contributed by atoms with Gasteiger partial charge in [0.2, 0.25) is 5.91 Å². The molecule has 0 radical (unpaired) electrons. The van der Waals surface area contributed by atoms with E-state index >= 15 is 0 Å². The summed E-state index contributed by atoms with van der Waals surface area (Å²) in [5, 5.41) is 15.5. The van der Waals surface area contributed by atoms with Gasteiger partial charge in [-0.25, -0.2) is 4.68 Å². The molecule has 2 saturated heterocycles. The van der Waals surface area contributed by atoms with E-state index in [4.69, 9.17) is 4.74 Å². The van der Waals surface area contributed by atoms with Crippen LogP contribution in [0.3, 0.4) is 0 Å². The van der Waals surface area contributed by atoms with Crippen LogP contribution < -0.4 is 0 Å². The van der Waals surface area contributed by atoms with Crippen molar-refractivity contribution in [1.82, 2.24) is 44.7 Å². The van der Waals surface area contributed by atoms with Crippen molar-refractivity contribution < 1.29 is 9.53 Å². The zero-order chi connectivity index (χ0) is 20.9. The predicted octanol–water partition coefficient (Wildman–Crippen LogP) is -0.597. The van der Waals surface area contributed by atoms with Gasteiger partial charge in [-0.1, -0.05) is 0 Å². The summed E-state index contributed by atoms with van der Waals surface area (Å²) in [5.41, 5.74) is 1.02. The van der Waals surface area contributed by atoms with Crippen LogP contribution in [-0.2, 0) is 23.1 Å². The Kier molecular flexibility index (Phi) is 6.70. The number of rotatable bonds is 6. The van der Waals surface area contributed by atoms with Crippen molar-refractivity contribution in [2.75, 3.05) is 52.9 Å². The molecule has 2 aromatic heterocycles. The number of hydrogen-bond donors (Lipinski definition) is 0. The lowest BCUT2D eigenvalue weighted by atomic mass is 9.99. The highest BCUT2D eigenvalue weighted by atomic mass is 16.5. The molecule has 1 amide bonds. The summed E-state index contributed by atoms with van der Waals surface area (Å²) in [4.78, 5) is 20.0. The molecule has 11 nitrogen and oxygen atoms in total. The fourth-order valence-corrected chi connectivity index (χ4v) is 4.33. The first-order chi connectivity index (χ1) is 14.6. The molecule has 30 heavy (non-hydrogen) atoms. The third kappa shape index (κ3) is 5.02. The Bertz CT molecular complexity index is 809. The first-order valence-corrected chi connectivity index (χ1v) is 10.6. The average Bonchev–Trinajstić information content (AvgIpc) is 3.37. The summed E-state index contributed by atoms with van der Waals surface area (Å²) in [6, 6.07) is -0.144. The first-order valence-electron chi connectivity index (χ1n) is 10.6. The molecule has 164 valence electrons. The van der Waals surface area contributed by atoms with Gasteiger partial charge in [0.05, 0.1) is 31.5 Å². The Morgan fingerprint density at radius 2 is 2.10 bits per heavy atom. The quantitative estimate of drug-likeness (QED) is 0.615. The second kappa shape index (κ2) is 9.63. The molecule has 0 saturated carbocycles. The van der Waals surface area contributed by atoms with Gasteiger partial charge >= 0.3 is 0 Å². The minimum Gasteiger partial charge on any atom is -0.373 e. The topological polar surface area (TPSA) is 97.4 Å². The van der Waals surface area contributed by atoms with E-state index in [0.29, 0.717) is 26.1 Å². The molecule has 2 aromatic rings. The Labute approximate surface area is 176 Å². The Morgan fingerprint density at radius 3 is 2.87 bits per heavy atom. The van der Waals surface area contributed by atoms with Crippen LogP contribution in [0.2, 0.25) is 0 Å². The smallest absolute Gasteiger partial charge is 0.225 e. The summed E-state index contributed by atoms with van der Waals surface area (Å²) in [5.74, 6) is 0.0863. The highest BCUT2D eigenvalue weighted by Gasteiger charge is 2.38. The molecule has 0 aromatic carbocycles. The van der Waals surface area contributed by atoms with Crippen molar-refractivity contribution in [1.29, 1.82) is 0 Å². The maximum absolute atomic E-state index is 13.2. The van der Waals surface area contributed by atoms with E-state index in [1.165, 1.54) is 6.33 Å². The van der Waals surface area contributed by atoms with Crippen molar-refractivity contribution in [2.24, 2.45) is 7.05 Å². The molecular formula is C19H31N9O2. The van der Waals surface area contributed by atoms with Crippen molar-refractivity contribution in [2.45, 2.75) is 31.5 Å². The summed E-state index contributed by atoms with van der Waals surface area (Å²) in [6.45, 7) is 6.64. The van der Waals surface area contributed by atoms with Crippen LogP contribution >= 0.6 is 0 Å². The van der Waals surface area contributed by atoms with Gasteiger partial charge in [-0.3, -0.25) is 14.4 Å². The van der Waals surface area contributed by atoms with E-state index in [1.807, 2.05) is 24.3 Å². The zero-order valence-electron chi connectivity index (χ0n) is 17.8. The van der Waals surface area contributed by atoms with Gasteiger partial charge in [-0.15, -0.1) is 5.10 Å². The van der Waals surface area contributed by atoms with E-state index in [-0.39, 0.29) is 18.1 Å². The molecule has 0 N–H and O–H groups in total. The summed E-state index contributed by atoms with van der Waals surface area (Å²) in [6.07, 6.45) is 6.79. The SMILES string of the molecule is CN1CCCN(C[C@@H]2OCCN(C(=O)CCn3cnnn3)[C@H]2c2cnn(C)c2)CC1. The van der Waals surface area contributed by atoms with Crippen molar-refractivity contribution in [3.05, 3.63) is 24.3 Å². The zero-order valence-corrected chi connectivity index (χ0v) is 17.8. The number of carbonyl (C=O) groups is 1. The van der Waals surface area contributed by atoms with Crippen molar-refractivity contribution in [3.8, 4) is 0 Å². The highest BCUT2D eigenvalue weighted by Crippen LogP contribution is 2.31. The number of aryl methyl sites for hydroxylation is 2. The van der Waals surface area contributed by atoms with Gasteiger partial charge in [-0.05, 0) is 37.0 Å². The largest absolute Gasteiger partial charge is 0.373 e. The highest BCUT2D eigenvalue weighted by molar-refractivity contribution is 5.76. The number of likely N-dealkylation sites (N-methyl/N-ethyl adjacent to an activating group) is 1. The molecule has 4 heterocycles. The third-order valence-electron chi connectivity index (χ3n) is 5.94. The fraction of sp³-hybridized carbons (Fsp3) is 0.737. The number of tetrazole rings is 1. The van der Waals surface area contributed by atoms with E-state index in [0.717, 1.165) is 44.7 Å². The maximum atomic E-state index is 13.2.